The first kappa shape index (κ1) is 13.9. The summed E-state index contributed by atoms with van der Waals surface area (Å²) in [6.07, 6.45) is 0. The van der Waals surface area contributed by atoms with Gasteiger partial charge in [-0.1, -0.05) is 0 Å². The number of amides is 2. The molecule has 0 fully saturated rings. The standard InChI is InChI=1S/C16H14N2O4/c1-10(19)17-12-3-5-13(6-4-12)18-16(20)11-2-7-14-15(8-11)22-9-21-14/h2-8H,9H2,1H3,(H,17,19)(H,18,20). The van der Waals surface area contributed by atoms with Gasteiger partial charge in [0.15, 0.2) is 11.5 Å². The van der Waals surface area contributed by atoms with E-state index in [0.29, 0.717) is 28.4 Å². The van der Waals surface area contributed by atoms with E-state index in [1.54, 1.807) is 42.5 Å². The molecule has 1 aliphatic heterocycles. The summed E-state index contributed by atoms with van der Waals surface area (Å²) < 4.78 is 10.5. The van der Waals surface area contributed by atoms with Gasteiger partial charge in [-0.05, 0) is 42.5 Å². The molecule has 2 aromatic rings. The van der Waals surface area contributed by atoms with E-state index in [9.17, 15) is 9.59 Å². The van der Waals surface area contributed by atoms with Crippen LogP contribution in [0.25, 0.3) is 0 Å². The monoisotopic (exact) mass is 298 g/mol. The molecule has 112 valence electrons. The Kier molecular flexibility index (Phi) is 3.65. The van der Waals surface area contributed by atoms with E-state index in [4.69, 9.17) is 9.47 Å². The van der Waals surface area contributed by atoms with Crippen LogP contribution in [0.2, 0.25) is 0 Å². The molecule has 1 aliphatic rings. The quantitative estimate of drug-likeness (QED) is 0.913. The molecule has 0 spiro atoms. The minimum Gasteiger partial charge on any atom is -0.454 e. The fourth-order valence-electron chi connectivity index (χ4n) is 2.08. The number of carbonyl (C=O) groups is 2. The van der Waals surface area contributed by atoms with Crippen LogP contribution in [0.5, 0.6) is 11.5 Å². The van der Waals surface area contributed by atoms with Crippen molar-refractivity contribution in [1.82, 2.24) is 0 Å². The second kappa shape index (κ2) is 5.77. The number of anilines is 2. The number of ether oxygens (including phenoxy) is 2. The third-order valence-corrected chi connectivity index (χ3v) is 3.10. The molecule has 0 unspecified atom stereocenters. The Morgan fingerprint density at radius 1 is 0.909 bits per heavy atom. The number of benzene rings is 2. The molecule has 22 heavy (non-hydrogen) atoms. The predicted molar refractivity (Wildman–Crippen MR) is 81.3 cm³/mol. The lowest BCUT2D eigenvalue weighted by atomic mass is 10.2. The van der Waals surface area contributed by atoms with Crippen LogP contribution in [0, 0.1) is 0 Å². The van der Waals surface area contributed by atoms with E-state index < -0.39 is 0 Å². The molecule has 0 bridgehead atoms. The van der Waals surface area contributed by atoms with Crippen LogP contribution >= 0.6 is 0 Å². The Labute approximate surface area is 127 Å². The van der Waals surface area contributed by atoms with E-state index >= 15 is 0 Å². The van der Waals surface area contributed by atoms with Crippen molar-refractivity contribution < 1.29 is 19.1 Å². The van der Waals surface area contributed by atoms with Gasteiger partial charge in [-0.3, -0.25) is 9.59 Å². The van der Waals surface area contributed by atoms with E-state index in [2.05, 4.69) is 10.6 Å². The van der Waals surface area contributed by atoms with Gasteiger partial charge in [0.1, 0.15) is 0 Å². The third kappa shape index (κ3) is 3.01. The van der Waals surface area contributed by atoms with Gasteiger partial charge < -0.3 is 20.1 Å². The van der Waals surface area contributed by atoms with E-state index in [0.717, 1.165) is 0 Å². The van der Waals surface area contributed by atoms with Crippen LogP contribution in [0.15, 0.2) is 42.5 Å². The summed E-state index contributed by atoms with van der Waals surface area (Å²) in [5.74, 6) is 0.813. The van der Waals surface area contributed by atoms with Gasteiger partial charge in [-0.25, -0.2) is 0 Å². The Morgan fingerprint density at radius 3 is 2.23 bits per heavy atom. The molecule has 0 aromatic heterocycles. The van der Waals surface area contributed by atoms with Gasteiger partial charge >= 0.3 is 0 Å². The zero-order valence-electron chi connectivity index (χ0n) is 11.9. The fourth-order valence-corrected chi connectivity index (χ4v) is 2.08. The van der Waals surface area contributed by atoms with Gasteiger partial charge in [-0.15, -0.1) is 0 Å². The van der Waals surface area contributed by atoms with Crippen LogP contribution in [-0.2, 0) is 4.79 Å². The zero-order valence-corrected chi connectivity index (χ0v) is 11.9. The minimum atomic E-state index is -0.245. The molecule has 0 saturated heterocycles. The molecule has 0 radical (unpaired) electrons. The highest BCUT2D eigenvalue weighted by atomic mass is 16.7. The van der Waals surface area contributed by atoms with Gasteiger partial charge in [-0.2, -0.15) is 0 Å². The molecule has 2 aromatic carbocycles. The molecule has 1 heterocycles. The number of carbonyl (C=O) groups excluding carboxylic acids is 2. The highest BCUT2D eigenvalue weighted by Gasteiger charge is 2.16. The Morgan fingerprint density at radius 2 is 1.55 bits per heavy atom. The van der Waals surface area contributed by atoms with Gasteiger partial charge in [0, 0.05) is 23.9 Å². The first-order valence-corrected chi connectivity index (χ1v) is 6.70. The van der Waals surface area contributed by atoms with Gasteiger partial charge in [0.05, 0.1) is 0 Å². The molecular weight excluding hydrogens is 284 g/mol. The molecule has 6 heteroatoms. The molecule has 2 N–H and O–H groups in total. The second-order valence-corrected chi connectivity index (χ2v) is 4.78. The van der Waals surface area contributed by atoms with Crippen molar-refractivity contribution in [2.45, 2.75) is 6.92 Å². The molecule has 2 amide bonds. The van der Waals surface area contributed by atoms with Gasteiger partial charge in [0.25, 0.3) is 5.91 Å². The molecule has 6 nitrogen and oxygen atoms in total. The maximum Gasteiger partial charge on any atom is 0.255 e. The van der Waals surface area contributed by atoms with Crippen LogP contribution in [-0.4, -0.2) is 18.6 Å². The zero-order chi connectivity index (χ0) is 15.5. The van der Waals surface area contributed by atoms with Crippen LogP contribution in [0.3, 0.4) is 0 Å². The van der Waals surface area contributed by atoms with E-state index in [1.807, 2.05) is 0 Å². The largest absolute Gasteiger partial charge is 0.454 e. The molecule has 0 aliphatic carbocycles. The van der Waals surface area contributed by atoms with Crippen molar-refractivity contribution in [3.05, 3.63) is 48.0 Å². The van der Waals surface area contributed by atoms with Crippen LogP contribution < -0.4 is 20.1 Å². The number of nitrogens with one attached hydrogen (secondary N) is 2. The summed E-state index contributed by atoms with van der Waals surface area (Å²) in [7, 11) is 0. The van der Waals surface area contributed by atoms with E-state index in [-0.39, 0.29) is 18.6 Å². The number of hydrogen-bond donors (Lipinski definition) is 2. The molecule has 3 rings (SSSR count). The Bertz CT molecular complexity index is 725. The first-order chi connectivity index (χ1) is 10.6. The van der Waals surface area contributed by atoms with Crippen molar-refractivity contribution in [2.75, 3.05) is 17.4 Å². The van der Waals surface area contributed by atoms with Crippen molar-refractivity contribution in [1.29, 1.82) is 0 Å². The molecule has 0 atom stereocenters. The normalized spacial score (nSPS) is 11.9. The maximum atomic E-state index is 12.2. The lowest BCUT2D eigenvalue weighted by molar-refractivity contribution is -0.114. The SMILES string of the molecule is CC(=O)Nc1ccc(NC(=O)c2ccc3c(c2)OCO3)cc1. The summed E-state index contributed by atoms with van der Waals surface area (Å²) in [5, 5.41) is 5.45. The third-order valence-electron chi connectivity index (χ3n) is 3.10. The minimum absolute atomic E-state index is 0.142. The fraction of sp³-hybridized carbons (Fsp3) is 0.125. The van der Waals surface area contributed by atoms with Crippen molar-refractivity contribution in [3.63, 3.8) is 0 Å². The van der Waals surface area contributed by atoms with Crippen molar-refractivity contribution in [2.24, 2.45) is 0 Å². The number of hydrogen-bond acceptors (Lipinski definition) is 4. The maximum absolute atomic E-state index is 12.2. The average molecular weight is 298 g/mol. The topological polar surface area (TPSA) is 76.7 Å². The Hall–Kier alpha value is -3.02. The lowest BCUT2D eigenvalue weighted by Crippen LogP contribution is -2.12. The van der Waals surface area contributed by atoms with Crippen LogP contribution in [0.1, 0.15) is 17.3 Å². The second-order valence-electron chi connectivity index (χ2n) is 4.78. The molecule has 0 saturated carbocycles. The summed E-state index contributed by atoms with van der Waals surface area (Å²) >= 11 is 0. The van der Waals surface area contributed by atoms with Crippen LogP contribution in [0.4, 0.5) is 11.4 Å². The predicted octanol–water partition coefficient (Wildman–Crippen LogP) is 2.63. The summed E-state index contributed by atoms with van der Waals surface area (Å²) in [5.41, 5.74) is 1.79. The van der Waals surface area contributed by atoms with Crippen molar-refractivity contribution >= 4 is 23.2 Å². The van der Waals surface area contributed by atoms with Crippen molar-refractivity contribution in [3.8, 4) is 11.5 Å². The average Bonchev–Trinajstić information content (AvgIpc) is 2.96. The molecular formula is C16H14N2O4. The number of fused-ring (bicyclic) bond motifs is 1. The summed E-state index contributed by atoms with van der Waals surface area (Å²) in [6, 6.07) is 11.9. The summed E-state index contributed by atoms with van der Waals surface area (Å²) in [6.45, 7) is 1.61. The smallest absolute Gasteiger partial charge is 0.255 e. The number of rotatable bonds is 3. The van der Waals surface area contributed by atoms with E-state index in [1.165, 1.54) is 6.92 Å². The lowest BCUT2D eigenvalue weighted by Gasteiger charge is -2.07. The highest BCUT2D eigenvalue weighted by Crippen LogP contribution is 2.32. The highest BCUT2D eigenvalue weighted by molar-refractivity contribution is 6.04. The Balaban J connectivity index is 1.70. The van der Waals surface area contributed by atoms with Gasteiger partial charge in [0.2, 0.25) is 12.7 Å². The summed E-state index contributed by atoms with van der Waals surface area (Å²) in [4.78, 5) is 23.2. The first-order valence-electron chi connectivity index (χ1n) is 6.70.